The summed E-state index contributed by atoms with van der Waals surface area (Å²) < 4.78 is 1.61. The summed E-state index contributed by atoms with van der Waals surface area (Å²) in [5.74, 6) is -1.49. The molecule has 2 unspecified atom stereocenters. The van der Waals surface area contributed by atoms with E-state index in [0.29, 0.717) is 33.4 Å². The number of nitrogens with zero attached hydrogens (tertiary/aromatic N) is 3. The first kappa shape index (κ1) is 30.0. The number of aliphatic carboxylic acids is 1. The van der Waals surface area contributed by atoms with Crippen LogP contribution in [0.2, 0.25) is 5.02 Å². The maximum atomic E-state index is 13.6. The van der Waals surface area contributed by atoms with Crippen LogP contribution >= 0.6 is 11.6 Å². The Morgan fingerprint density at radius 3 is 2.40 bits per heavy atom. The molecule has 1 saturated heterocycles. The first-order valence-corrected chi connectivity index (χ1v) is 14.3. The van der Waals surface area contributed by atoms with E-state index in [-0.39, 0.29) is 30.7 Å². The Labute approximate surface area is 254 Å². The number of carbonyl (C=O) groups is 4. The quantitative estimate of drug-likeness (QED) is 0.289. The van der Waals surface area contributed by atoms with E-state index in [1.54, 1.807) is 61.0 Å². The van der Waals surface area contributed by atoms with Crippen LogP contribution < -0.4 is 10.6 Å². The van der Waals surface area contributed by atoms with Gasteiger partial charge in [-0.05, 0) is 61.7 Å². The molecule has 224 valence electrons. The molecule has 0 radical (unpaired) electrons. The number of carboxylic acids is 1. The summed E-state index contributed by atoms with van der Waals surface area (Å²) in [5, 5.41) is 20.8. The lowest BCUT2D eigenvalue weighted by Gasteiger charge is -2.46. The number of nitrogens with one attached hydrogen (secondary N) is 2. The Morgan fingerprint density at radius 2 is 1.74 bits per heavy atom. The number of benzene rings is 2. The summed E-state index contributed by atoms with van der Waals surface area (Å²) in [6.45, 7) is 9.33. The molecule has 10 nitrogen and oxygen atoms in total. The van der Waals surface area contributed by atoms with Crippen molar-refractivity contribution in [2.75, 3.05) is 10.6 Å². The van der Waals surface area contributed by atoms with Crippen LogP contribution in [0.3, 0.4) is 0 Å². The molecule has 11 heteroatoms. The maximum Gasteiger partial charge on any atom is 0.324 e. The van der Waals surface area contributed by atoms with Crippen LogP contribution in [-0.4, -0.2) is 43.6 Å². The third kappa shape index (κ3) is 5.92. The molecule has 0 spiro atoms. The van der Waals surface area contributed by atoms with Crippen molar-refractivity contribution in [1.29, 1.82) is 0 Å². The zero-order chi connectivity index (χ0) is 31.3. The lowest BCUT2D eigenvalue weighted by atomic mass is 9.62. The fraction of sp³-hybridized carbons (Fsp3) is 0.344. The number of likely N-dealkylation sites (tertiary alicyclic amines) is 1. The minimum absolute atomic E-state index is 0.00936. The van der Waals surface area contributed by atoms with Gasteiger partial charge in [-0.1, -0.05) is 57.5 Å². The first-order chi connectivity index (χ1) is 20.1. The lowest BCUT2D eigenvalue weighted by molar-refractivity contribution is -0.159. The van der Waals surface area contributed by atoms with Gasteiger partial charge >= 0.3 is 12.0 Å². The summed E-state index contributed by atoms with van der Waals surface area (Å²) in [7, 11) is 0. The number of piperidine rings is 1. The Hall–Kier alpha value is -4.44. The van der Waals surface area contributed by atoms with Crippen LogP contribution in [0.5, 0.6) is 0 Å². The minimum atomic E-state index is -1.28. The van der Waals surface area contributed by atoms with Crippen LogP contribution in [-0.2, 0) is 26.3 Å². The highest BCUT2D eigenvalue weighted by Gasteiger charge is 2.54. The number of hydrogen-bond acceptors (Lipinski definition) is 5. The minimum Gasteiger partial charge on any atom is -0.481 e. The van der Waals surface area contributed by atoms with Crippen LogP contribution in [0.15, 0.2) is 66.2 Å². The number of imide groups is 1. The summed E-state index contributed by atoms with van der Waals surface area (Å²) in [5.41, 5.74) is 0.354. The van der Waals surface area contributed by atoms with Crippen molar-refractivity contribution in [3.63, 3.8) is 0 Å². The molecule has 2 atom stereocenters. The molecule has 43 heavy (non-hydrogen) atoms. The number of carboxylic acid groups (broad SMARTS) is 1. The van der Waals surface area contributed by atoms with Gasteiger partial charge in [0.2, 0.25) is 5.91 Å². The zero-order valence-corrected chi connectivity index (χ0v) is 25.5. The van der Waals surface area contributed by atoms with E-state index < -0.39 is 28.7 Å². The molecule has 1 aliphatic heterocycles. The zero-order valence-electron chi connectivity index (χ0n) is 24.7. The van der Waals surface area contributed by atoms with Gasteiger partial charge < -0.3 is 10.4 Å². The van der Waals surface area contributed by atoms with Crippen LogP contribution in [0.1, 0.15) is 58.7 Å². The summed E-state index contributed by atoms with van der Waals surface area (Å²) in [6, 6.07) is 15.3. The van der Waals surface area contributed by atoms with Crippen LogP contribution in [0.4, 0.5) is 16.3 Å². The third-order valence-electron chi connectivity index (χ3n) is 7.92. The Morgan fingerprint density at radius 1 is 1.05 bits per heavy atom. The summed E-state index contributed by atoms with van der Waals surface area (Å²) in [6.07, 6.45) is 1.83. The van der Waals surface area contributed by atoms with Gasteiger partial charge in [0.1, 0.15) is 5.82 Å². The number of carbonyl (C=O) groups excluding carboxylic acids is 3. The molecule has 2 heterocycles. The average molecular weight is 604 g/mol. The SMILES string of the molecule is CC1(C(=O)O)C=C2CC(C)(C1)C(=O)N(Cc1cccc(-n3nc(C(C)(C)C)cc3NC(=O)Nc3ccc(Cl)cc3)c1)C2=O. The number of halogens is 1. The fourth-order valence-electron chi connectivity index (χ4n) is 5.76. The van der Waals surface area contributed by atoms with Gasteiger partial charge in [0.15, 0.2) is 0 Å². The molecule has 4 amide bonds. The van der Waals surface area contributed by atoms with Crippen LogP contribution in [0.25, 0.3) is 5.69 Å². The highest BCUT2D eigenvalue weighted by atomic mass is 35.5. The van der Waals surface area contributed by atoms with Gasteiger partial charge in [0.05, 0.1) is 28.8 Å². The molecule has 2 aromatic carbocycles. The number of anilines is 2. The Bertz CT molecular complexity index is 1670. The molecular weight excluding hydrogens is 570 g/mol. The van der Waals surface area contributed by atoms with Crippen molar-refractivity contribution < 1.29 is 24.3 Å². The number of hydrogen-bond donors (Lipinski definition) is 3. The van der Waals surface area contributed by atoms with Crippen molar-refractivity contribution in [2.45, 2.75) is 59.4 Å². The number of fused-ring (bicyclic) bond motifs is 2. The molecule has 0 saturated carbocycles. The molecule has 2 bridgehead atoms. The highest BCUT2D eigenvalue weighted by molar-refractivity contribution is 6.30. The smallest absolute Gasteiger partial charge is 0.324 e. The number of rotatable bonds is 6. The summed E-state index contributed by atoms with van der Waals surface area (Å²) in [4.78, 5) is 53.0. The highest BCUT2D eigenvalue weighted by Crippen LogP contribution is 2.49. The predicted octanol–water partition coefficient (Wildman–Crippen LogP) is 6.15. The van der Waals surface area contributed by atoms with Gasteiger partial charge in [0.25, 0.3) is 5.91 Å². The normalized spacial score (nSPS) is 21.8. The van der Waals surface area contributed by atoms with Crippen molar-refractivity contribution in [1.82, 2.24) is 14.7 Å². The third-order valence-corrected chi connectivity index (χ3v) is 8.17. The van der Waals surface area contributed by atoms with Crippen molar-refractivity contribution in [3.8, 4) is 5.69 Å². The van der Waals surface area contributed by atoms with E-state index in [2.05, 4.69) is 10.6 Å². The second-order valence-electron chi connectivity index (χ2n) is 12.8. The number of aromatic nitrogens is 2. The van der Waals surface area contributed by atoms with Gasteiger partial charge in [-0.15, -0.1) is 0 Å². The molecule has 3 aromatic rings. The topological polar surface area (TPSA) is 134 Å². The molecule has 2 aliphatic rings. The van der Waals surface area contributed by atoms with Gasteiger partial charge in [-0.25, -0.2) is 9.48 Å². The van der Waals surface area contributed by atoms with Crippen molar-refractivity contribution in [2.24, 2.45) is 10.8 Å². The molecule has 3 N–H and O–H groups in total. The largest absolute Gasteiger partial charge is 0.481 e. The molecule has 1 aromatic heterocycles. The molecular formula is C32H34ClN5O5. The fourth-order valence-corrected chi connectivity index (χ4v) is 5.88. The van der Waals surface area contributed by atoms with E-state index >= 15 is 0 Å². The Kier molecular flexibility index (Phi) is 7.46. The van der Waals surface area contributed by atoms with E-state index in [9.17, 15) is 24.3 Å². The second kappa shape index (κ2) is 10.7. The van der Waals surface area contributed by atoms with E-state index in [1.165, 1.54) is 11.0 Å². The standard InChI is InChI=1S/C32H34ClN5O5/c1-30(2,3)24-14-25(35-29(43)34-22-11-9-21(33)10-12-22)38(36-24)23-8-6-7-19(13-23)17-37-26(39)20-15-31(4,27(37)40)18-32(5,16-20)28(41)42/h6-14,16H,15,17-18H2,1-5H3,(H,41,42)(H2,34,35,43). The van der Waals surface area contributed by atoms with E-state index in [4.69, 9.17) is 16.7 Å². The van der Waals surface area contributed by atoms with Gasteiger partial charge in [0, 0.05) is 27.8 Å². The van der Waals surface area contributed by atoms with Crippen LogP contribution in [0, 0.1) is 10.8 Å². The molecule has 1 aliphatic carbocycles. The van der Waals surface area contributed by atoms with Crippen molar-refractivity contribution >= 4 is 46.9 Å². The predicted molar refractivity (Wildman–Crippen MR) is 163 cm³/mol. The number of urea groups is 1. The van der Waals surface area contributed by atoms with Gasteiger partial charge in [-0.2, -0.15) is 5.10 Å². The van der Waals surface area contributed by atoms with E-state index in [1.807, 2.05) is 32.9 Å². The first-order valence-electron chi connectivity index (χ1n) is 13.9. The average Bonchev–Trinajstić information content (AvgIpc) is 3.35. The molecule has 1 fully saturated rings. The lowest BCUT2D eigenvalue weighted by Crippen LogP contribution is -2.55. The second-order valence-corrected chi connectivity index (χ2v) is 13.3. The maximum absolute atomic E-state index is 13.6. The monoisotopic (exact) mass is 603 g/mol. The Balaban J connectivity index is 1.43. The van der Waals surface area contributed by atoms with Crippen molar-refractivity contribution in [3.05, 3.63) is 82.5 Å². The summed E-state index contributed by atoms with van der Waals surface area (Å²) >= 11 is 5.95. The number of amides is 4. The molecule has 5 rings (SSSR count). The van der Waals surface area contributed by atoms with E-state index in [0.717, 1.165) is 5.69 Å². The van der Waals surface area contributed by atoms with Gasteiger partial charge in [-0.3, -0.25) is 24.6 Å².